The lowest BCUT2D eigenvalue weighted by Gasteiger charge is -2.05. The van der Waals surface area contributed by atoms with Crippen molar-refractivity contribution in [3.63, 3.8) is 0 Å². The highest BCUT2D eigenvalue weighted by Crippen LogP contribution is 2.36. The van der Waals surface area contributed by atoms with Crippen molar-refractivity contribution in [2.45, 2.75) is 6.92 Å². The van der Waals surface area contributed by atoms with Crippen molar-refractivity contribution in [1.29, 1.82) is 0 Å². The number of fused-ring (bicyclic) bond motifs is 3. The highest BCUT2D eigenvalue weighted by atomic mass is 16.7. The number of nitrogens with one attached hydrogen (secondary N) is 2. The molecule has 9 nitrogen and oxygen atoms in total. The highest BCUT2D eigenvalue weighted by Gasteiger charge is 2.21. The van der Waals surface area contributed by atoms with Crippen LogP contribution in [-0.2, 0) is 0 Å². The van der Waals surface area contributed by atoms with Crippen LogP contribution in [0.1, 0.15) is 21.9 Å². The number of nitrogen functional groups attached to an aromatic ring is 1. The van der Waals surface area contributed by atoms with Crippen LogP contribution < -0.4 is 15.2 Å². The van der Waals surface area contributed by atoms with Crippen molar-refractivity contribution >= 4 is 33.5 Å². The Morgan fingerprint density at radius 2 is 1.93 bits per heavy atom. The van der Waals surface area contributed by atoms with Gasteiger partial charge >= 0.3 is 0 Å². The molecule has 9 heteroatoms. The first-order valence-corrected chi connectivity index (χ1v) is 9.34. The number of imidazole rings is 1. The molecule has 0 aliphatic carbocycles. The van der Waals surface area contributed by atoms with Gasteiger partial charge in [0.25, 0.3) is 0 Å². The summed E-state index contributed by atoms with van der Waals surface area (Å²) in [4.78, 5) is 23.8. The fraction of sp³-hybridized carbons (Fsp3) is 0.0952. The van der Waals surface area contributed by atoms with Gasteiger partial charge in [0.05, 0.1) is 34.2 Å². The molecule has 1 aliphatic heterocycles. The highest BCUT2D eigenvalue weighted by molar-refractivity contribution is 6.12. The van der Waals surface area contributed by atoms with E-state index in [0.29, 0.717) is 22.8 Å². The number of aromatic amines is 2. The van der Waals surface area contributed by atoms with Gasteiger partial charge in [0.15, 0.2) is 11.5 Å². The number of ketones is 1. The van der Waals surface area contributed by atoms with E-state index < -0.39 is 0 Å². The number of aryl methyl sites for hydroxylation is 1. The third-order valence-electron chi connectivity index (χ3n) is 5.24. The maximum Gasteiger partial charge on any atom is 0.231 e. The molecular weight excluding hydrogens is 384 g/mol. The molecule has 0 radical (unpaired) electrons. The van der Waals surface area contributed by atoms with Crippen molar-refractivity contribution < 1.29 is 14.3 Å². The molecular formula is C21H16N6O3. The summed E-state index contributed by atoms with van der Waals surface area (Å²) in [6.07, 6.45) is 1.48. The van der Waals surface area contributed by atoms with Crippen LogP contribution in [0.25, 0.3) is 27.6 Å². The zero-order valence-corrected chi connectivity index (χ0v) is 15.9. The maximum absolute atomic E-state index is 13.1. The van der Waals surface area contributed by atoms with Gasteiger partial charge in [0, 0.05) is 17.0 Å². The molecule has 4 N–H and O–H groups in total. The van der Waals surface area contributed by atoms with E-state index in [4.69, 9.17) is 15.2 Å². The third kappa shape index (κ3) is 2.38. The first-order chi connectivity index (χ1) is 14.6. The summed E-state index contributed by atoms with van der Waals surface area (Å²) < 4.78 is 12.3. The number of hydrogen-bond donors (Lipinski definition) is 3. The zero-order chi connectivity index (χ0) is 20.4. The van der Waals surface area contributed by atoms with Crippen molar-refractivity contribution in [3.05, 3.63) is 59.7 Å². The van der Waals surface area contributed by atoms with Gasteiger partial charge < -0.3 is 25.2 Å². The first-order valence-electron chi connectivity index (χ1n) is 9.34. The van der Waals surface area contributed by atoms with Crippen LogP contribution in [0.3, 0.4) is 0 Å². The topological polar surface area (TPSA) is 124 Å². The van der Waals surface area contributed by atoms with E-state index in [9.17, 15) is 4.79 Å². The second kappa shape index (κ2) is 5.86. The minimum Gasteiger partial charge on any atom is -0.454 e. The summed E-state index contributed by atoms with van der Waals surface area (Å²) in [6.45, 7) is 2.10. The van der Waals surface area contributed by atoms with E-state index in [2.05, 4.69) is 20.1 Å². The number of carbonyl (C=O) groups excluding carboxylic acids is 1. The molecule has 5 aromatic rings. The van der Waals surface area contributed by atoms with Crippen molar-refractivity contribution in [2.24, 2.45) is 0 Å². The summed E-state index contributed by atoms with van der Waals surface area (Å²) in [5, 5.41) is 5.19. The van der Waals surface area contributed by atoms with Gasteiger partial charge in [-0.2, -0.15) is 5.10 Å². The van der Waals surface area contributed by atoms with Crippen molar-refractivity contribution in [1.82, 2.24) is 24.7 Å². The molecule has 1 aliphatic rings. The summed E-state index contributed by atoms with van der Waals surface area (Å²) in [5.74, 6) is 2.17. The average Bonchev–Trinajstić information content (AvgIpc) is 3.49. The van der Waals surface area contributed by atoms with E-state index in [1.54, 1.807) is 10.7 Å². The molecule has 0 atom stereocenters. The van der Waals surface area contributed by atoms with Gasteiger partial charge in [-0.1, -0.05) is 0 Å². The van der Waals surface area contributed by atoms with E-state index >= 15 is 0 Å². The largest absolute Gasteiger partial charge is 0.454 e. The molecule has 0 saturated carbocycles. The number of nitrogens with two attached hydrogens (primary N) is 1. The van der Waals surface area contributed by atoms with Crippen LogP contribution in [0.4, 0.5) is 5.82 Å². The zero-order valence-electron chi connectivity index (χ0n) is 15.9. The number of benzene rings is 2. The molecule has 4 heterocycles. The summed E-state index contributed by atoms with van der Waals surface area (Å²) in [5.41, 5.74) is 10.3. The lowest BCUT2D eigenvalue weighted by Crippen LogP contribution is -2.07. The Labute approximate surface area is 169 Å². The van der Waals surface area contributed by atoms with Crippen LogP contribution >= 0.6 is 0 Å². The number of nitrogens with zero attached hydrogens (tertiary/aromatic N) is 3. The molecule has 2 aromatic carbocycles. The number of aromatic nitrogens is 5. The predicted octanol–water partition coefficient (Wildman–Crippen LogP) is 3.08. The van der Waals surface area contributed by atoms with E-state index in [1.165, 1.54) is 6.20 Å². The Morgan fingerprint density at radius 3 is 2.80 bits per heavy atom. The Balaban J connectivity index is 1.38. The summed E-state index contributed by atoms with van der Waals surface area (Å²) >= 11 is 0. The van der Waals surface area contributed by atoms with Crippen LogP contribution in [0, 0.1) is 6.92 Å². The lowest BCUT2D eigenvalue weighted by molar-refractivity contribution is 0.103. The van der Waals surface area contributed by atoms with E-state index in [-0.39, 0.29) is 18.4 Å². The fourth-order valence-corrected chi connectivity index (χ4v) is 3.78. The number of anilines is 1. The van der Waals surface area contributed by atoms with Gasteiger partial charge in [0.2, 0.25) is 12.6 Å². The SMILES string of the molecule is Cc1nc2ccc(-n3ncc(C(=O)c4cc5cc6c(cc5[nH]4)OCO6)c3N)cc2[nH]1. The molecule has 30 heavy (non-hydrogen) atoms. The fourth-order valence-electron chi connectivity index (χ4n) is 3.78. The van der Waals surface area contributed by atoms with Crippen molar-refractivity contribution in [2.75, 3.05) is 12.5 Å². The first kappa shape index (κ1) is 16.7. The normalized spacial score (nSPS) is 12.8. The molecule has 0 saturated heterocycles. The van der Waals surface area contributed by atoms with Crippen LogP contribution in [-0.4, -0.2) is 37.3 Å². The van der Waals surface area contributed by atoms with Gasteiger partial charge in [-0.15, -0.1) is 0 Å². The second-order valence-corrected chi connectivity index (χ2v) is 7.18. The number of H-pyrrole nitrogens is 2. The quantitative estimate of drug-likeness (QED) is 0.400. The van der Waals surface area contributed by atoms with E-state index in [1.807, 2.05) is 37.3 Å². The van der Waals surface area contributed by atoms with Gasteiger partial charge in [-0.25, -0.2) is 9.67 Å². The second-order valence-electron chi connectivity index (χ2n) is 7.18. The molecule has 0 bridgehead atoms. The van der Waals surface area contributed by atoms with Crippen LogP contribution in [0.5, 0.6) is 11.5 Å². The minimum absolute atomic E-state index is 0.202. The summed E-state index contributed by atoms with van der Waals surface area (Å²) in [7, 11) is 0. The molecule has 0 amide bonds. The number of ether oxygens (including phenoxy) is 2. The van der Waals surface area contributed by atoms with Crippen molar-refractivity contribution in [3.8, 4) is 17.2 Å². The van der Waals surface area contributed by atoms with Gasteiger partial charge in [-0.05, 0) is 37.3 Å². The molecule has 0 fully saturated rings. The Kier molecular flexibility index (Phi) is 3.26. The molecule has 3 aromatic heterocycles. The van der Waals surface area contributed by atoms with Gasteiger partial charge in [0.1, 0.15) is 11.6 Å². The molecule has 0 unspecified atom stereocenters. The average molecular weight is 400 g/mol. The third-order valence-corrected chi connectivity index (χ3v) is 5.24. The predicted molar refractivity (Wildman–Crippen MR) is 110 cm³/mol. The number of rotatable bonds is 3. The molecule has 148 valence electrons. The maximum atomic E-state index is 13.1. The van der Waals surface area contributed by atoms with Gasteiger partial charge in [-0.3, -0.25) is 4.79 Å². The monoisotopic (exact) mass is 400 g/mol. The summed E-state index contributed by atoms with van der Waals surface area (Å²) in [6, 6.07) is 11.1. The van der Waals surface area contributed by atoms with Crippen LogP contribution in [0.2, 0.25) is 0 Å². The number of hydrogen-bond acceptors (Lipinski definition) is 6. The smallest absolute Gasteiger partial charge is 0.231 e. The van der Waals surface area contributed by atoms with E-state index in [0.717, 1.165) is 33.4 Å². The Hall–Kier alpha value is -4.27. The Bertz CT molecular complexity index is 1430. The molecule has 6 rings (SSSR count). The minimum atomic E-state index is -0.240. The number of carbonyl (C=O) groups is 1. The Morgan fingerprint density at radius 1 is 1.10 bits per heavy atom. The standard InChI is InChI=1S/C21H16N6O3/c1-10-24-14-3-2-12(6-16(14)25-10)27-21(22)13(8-23-27)20(28)17-4-11-5-18-19(30-9-29-18)7-15(11)26-17/h2-8,26H,9,22H2,1H3,(H,24,25). The lowest BCUT2D eigenvalue weighted by atomic mass is 10.1. The molecule has 0 spiro atoms. The van der Waals surface area contributed by atoms with Crippen LogP contribution in [0.15, 0.2) is 42.6 Å².